The van der Waals surface area contributed by atoms with Gasteiger partial charge in [-0.25, -0.2) is 5.01 Å². The van der Waals surface area contributed by atoms with Crippen molar-refractivity contribution in [3.63, 3.8) is 0 Å². The zero-order valence-electron chi connectivity index (χ0n) is 16.3. The molecule has 0 atom stereocenters. The number of benzene rings is 1. The molecule has 1 saturated heterocycles. The monoisotopic (exact) mass is 405 g/mol. The van der Waals surface area contributed by atoms with E-state index >= 15 is 0 Å². The van der Waals surface area contributed by atoms with Gasteiger partial charge in [0.1, 0.15) is 6.54 Å². The molecule has 1 aromatic carbocycles. The zero-order valence-corrected chi connectivity index (χ0v) is 17.1. The van der Waals surface area contributed by atoms with Crippen molar-refractivity contribution in [3.05, 3.63) is 40.9 Å². The average molecular weight is 406 g/mol. The number of hydrogen-bond donors (Lipinski definition) is 3. The van der Waals surface area contributed by atoms with Crippen LogP contribution < -0.4 is 15.6 Å². The van der Waals surface area contributed by atoms with Crippen LogP contribution in [0.1, 0.15) is 44.1 Å². The van der Waals surface area contributed by atoms with Crippen LogP contribution in [-0.2, 0) is 9.59 Å². The van der Waals surface area contributed by atoms with Gasteiger partial charge in [-0.1, -0.05) is 23.7 Å². The summed E-state index contributed by atoms with van der Waals surface area (Å²) < 4.78 is 0. The fourth-order valence-corrected chi connectivity index (χ4v) is 3.86. The Kier molecular flexibility index (Phi) is 7.74. The summed E-state index contributed by atoms with van der Waals surface area (Å²) in [6.07, 6.45) is 8.41. The SMILES string of the molecule is O=C(CN1NC(c2ccc(Cl)cc2)=CCC1=O)NCCC[NH+]1CCCCCC1. The molecule has 0 unspecified atom stereocenters. The highest BCUT2D eigenvalue weighted by atomic mass is 35.5. The van der Waals surface area contributed by atoms with Gasteiger partial charge in [0.2, 0.25) is 11.8 Å². The standard InChI is InChI=1S/C21H29ClN4O2/c22-18-8-6-17(7-9-18)19-10-11-21(28)26(24-19)16-20(27)23-12-5-15-25-13-3-1-2-4-14-25/h6-10,24H,1-5,11-16H2,(H,23,27)/p+1. The van der Waals surface area contributed by atoms with Gasteiger partial charge in [0.25, 0.3) is 0 Å². The molecule has 2 aliphatic heterocycles. The lowest BCUT2D eigenvalue weighted by atomic mass is 10.1. The third-order valence-electron chi connectivity index (χ3n) is 5.33. The number of hydrogen-bond acceptors (Lipinski definition) is 3. The van der Waals surface area contributed by atoms with Crippen molar-refractivity contribution < 1.29 is 14.5 Å². The summed E-state index contributed by atoms with van der Waals surface area (Å²) in [7, 11) is 0. The van der Waals surface area contributed by atoms with Crippen LogP contribution in [0.5, 0.6) is 0 Å². The molecule has 0 radical (unpaired) electrons. The van der Waals surface area contributed by atoms with E-state index < -0.39 is 0 Å². The summed E-state index contributed by atoms with van der Waals surface area (Å²) in [5.41, 5.74) is 4.80. The van der Waals surface area contributed by atoms with E-state index in [0.29, 0.717) is 11.6 Å². The molecule has 0 aliphatic carbocycles. The molecule has 3 N–H and O–H groups in total. The molecular weight excluding hydrogens is 376 g/mol. The third kappa shape index (κ3) is 6.24. The number of carbonyl (C=O) groups is 2. The van der Waals surface area contributed by atoms with Gasteiger partial charge in [-0.05, 0) is 49.5 Å². The van der Waals surface area contributed by atoms with Crippen molar-refractivity contribution in [2.45, 2.75) is 38.5 Å². The van der Waals surface area contributed by atoms with E-state index in [1.54, 1.807) is 17.0 Å². The lowest BCUT2D eigenvalue weighted by Gasteiger charge is -2.29. The highest BCUT2D eigenvalue weighted by Gasteiger charge is 2.22. The predicted molar refractivity (Wildman–Crippen MR) is 111 cm³/mol. The molecule has 28 heavy (non-hydrogen) atoms. The van der Waals surface area contributed by atoms with Crippen molar-refractivity contribution in [1.82, 2.24) is 15.8 Å². The second kappa shape index (κ2) is 10.5. The second-order valence-corrected chi connectivity index (χ2v) is 7.97. The van der Waals surface area contributed by atoms with Gasteiger partial charge >= 0.3 is 0 Å². The average Bonchev–Trinajstić information content (AvgIpc) is 2.96. The van der Waals surface area contributed by atoms with Crippen LogP contribution in [0.25, 0.3) is 5.70 Å². The van der Waals surface area contributed by atoms with Crippen LogP contribution in [-0.4, -0.2) is 49.5 Å². The number of halogens is 1. The number of carbonyl (C=O) groups excluding carboxylic acids is 2. The Morgan fingerprint density at radius 3 is 2.57 bits per heavy atom. The summed E-state index contributed by atoms with van der Waals surface area (Å²) in [6, 6.07) is 7.39. The maximum atomic E-state index is 12.3. The first-order valence-electron chi connectivity index (χ1n) is 10.3. The minimum absolute atomic E-state index is 0.0142. The molecule has 0 saturated carbocycles. The number of nitrogens with zero attached hydrogens (tertiary/aromatic N) is 1. The van der Waals surface area contributed by atoms with E-state index in [4.69, 9.17) is 11.6 Å². The molecule has 6 nitrogen and oxygen atoms in total. The van der Waals surface area contributed by atoms with Crippen molar-refractivity contribution >= 4 is 29.1 Å². The number of amides is 2. The maximum absolute atomic E-state index is 12.3. The van der Waals surface area contributed by atoms with E-state index in [1.807, 2.05) is 18.2 Å². The Bertz CT molecular complexity index is 697. The third-order valence-corrected chi connectivity index (χ3v) is 5.59. The minimum Gasteiger partial charge on any atom is -0.354 e. The molecule has 0 spiro atoms. The van der Waals surface area contributed by atoms with Gasteiger partial charge in [0.15, 0.2) is 0 Å². The highest BCUT2D eigenvalue weighted by molar-refractivity contribution is 6.30. The molecule has 2 heterocycles. The molecule has 3 rings (SSSR count). The Balaban J connectivity index is 1.41. The zero-order chi connectivity index (χ0) is 19.8. The van der Waals surface area contributed by atoms with Crippen LogP contribution >= 0.6 is 11.6 Å². The lowest BCUT2D eigenvalue weighted by Crippen LogP contribution is -3.11. The van der Waals surface area contributed by atoms with E-state index in [1.165, 1.54) is 43.8 Å². The smallest absolute Gasteiger partial charge is 0.245 e. The second-order valence-electron chi connectivity index (χ2n) is 7.54. The number of rotatable bonds is 7. The molecule has 0 bridgehead atoms. The maximum Gasteiger partial charge on any atom is 0.245 e. The first-order valence-corrected chi connectivity index (χ1v) is 10.6. The Morgan fingerprint density at radius 2 is 1.86 bits per heavy atom. The molecule has 152 valence electrons. The van der Waals surface area contributed by atoms with Gasteiger partial charge in [0, 0.05) is 24.4 Å². The van der Waals surface area contributed by atoms with Gasteiger partial charge in [-0.2, -0.15) is 0 Å². The summed E-state index contributed by atoms with van der Waals surface area (Å²) in [4.78, 5) is 26.1. The molecule has 1 aromatic rings. The van der Waals surface area contributed by atoms with E-state index in [9.17, 15) is 9.59 Å². The van der Waals surface area contributed by atoms with Gasteiger partial charge in [-0.3, -0.25) is 15.0 Å². The summed E-state index contributed by atoms with van der Waals surface area (Å²) in [5.74, 6) is -0.244. The Hall–Kier alpha value is -2.05. The van der Waals surface area contributed by atoms with Crippen LogP contribution in [0.4, 0.5) is 0 Å². The normalized spacial score (nSPS) is 18.2. The number of quaternary nitrogens is 1. The number of hydrazine groups is 1. The van der Waals surface area contributed by atoms with E-state index in [2.05, 4.69) is 10.7 Å². The van der Waals surface area contributed by atoms with Gasteiger partial charge < -0.3 is 10.2 Å². The molecule has 7 heteroatoms. The number of nitrogens with one attached hydrogen (secondary N) is 3. The molecular formula is C21H30ClN4O2+. The quantitative estimate of drug-likeness (QED) is 0.600. The Labute approximate surface area is 171 Å². The summed E-state index contributed by atoms with van der Waals surface area (Å²) in [5, 5.41) is 4.99. The minimum atomic E-state index is -0.135. The van der Waals surface area contributed by atoms with Crippen molar-refractivity contribution in [3.8, 4) is 0 Å². The number of likely N-dealkylation sites (tertiary alicyclic amines) is 1. The topological polar surface area (TPSA) is 65.9 Å². The molecule has 0 aromatic heterocycles. The fourth-order valence-electron chi connectivity index (χ4n) is 3.74. The molecule has 2 aliphatic rings. The first-order chi connectivity index (χ1) is 13.6. The highest BCUT2D eigenvalue weighted by Crippen LogP contribution is 2.19. The fraction of sp³-hybridized carbons (Fsp3) is 0.524. The summed E-state index contributed by atoms with van der Waals surface area (Å²) >= 11 is 5.93. The van der Waals surface area contributed by atoms with E-state index in [0.717, 1.165) is 24.2 Å². The lowest BCUT2D eigenvalue weighted by molar-refractivity contribution is -0.899. The van der Waals surface area contributed by atoms with Gasteiger partial charge in [0.05, 0.1) is 25.3 Å². The van der Waals surface area contributed by atoms with Crippen LogP contribution in [0.2, 0.25) is 5.02 Å². The predicted octanol–water partition coefficient (Wildman–Crippen LogP) is 1.38. The largest absolute Gasteiger partial charge is 0.354 e. The van der Waals surface area contributed by atoms with Crippen molar-refractivity contribution in [2.24, 2.45) is 0 Å². The van der Waals surface area contributed by atoms with Crippen LogP contribution in [0, 0.1) is 0 Å². The van der Waals surface area contributed by atoms with Crippen molar-refractivity contribution in [2.75, 3.05) is 32.7 Å². The van der Waals surface area contributed by atoms with Crippen LogP contribution in [0.15, 0.2) is 30.3 Å². The Morgan fingerprint density at radius 1 is 1.14 bits per heavy atom. The molecule has 2 amide bonds. The molecule has 1 fully saturated rings. The summed E-state index contributed by atoms with van der Waals surface area (Å²) in [6.45, 7) is 4.27. The van der Waals surface area contributed by atoms with Gasteiger partial charge in [-0.15, -0.1) is 0 Å². The first kappa shape index (κ1) is 20.7. The van der Waals surface area contributed by atoms with Crippen LogP contribution in [0.3, 0.4) is 0 Å². The van der Waals surface area contributed by atoms with Crippen molar-refractivity contribution in [1.29, 1.82) is 0 Å². The van der Waals surface area contributed by atoms with E-state index in [-0.39, 0.29) is 24.8 Å².